The molecule has 1 saturated heterocycles. The predicted octanol–water partition coefficient (Wildman–Crippen LogP) is 4.83. The molecule has 0 atom stereocenters. The van der Waals surface area contributed by atoms with Gasteiger partial charge in [-0.25, -0.2) is 9.97 Å². The van der Waals surface area contributed by atoms with Crippen molar-refractivity contribution in [1.82, 2.24) is 15.3 Å². The number of carbonyl (C=O) groups is 2. The zero-order valence-corrected chi connectivity index (χ0v) is 19.4. The van der Waals surface area contributed by atoms with Crippen LogP contribution in [0.15, 0.2) is 35.8 Å². The molecule has 0 spiro atoms. The van der Waals surface area contributed by atoms with Crippen LogP contribution in [-0.2, 0) is 9.53 Å². The number of ether oxygens (including phenoxy) is 1. The fraction of sp³-hybridized carbons (Fsp3) is 0.333. The molecule has 0 unspecified atom stereocenters. The molecule has 2 aliphatic rings. The zero-order chi connectivity index (χ0) is 22.4. The van der Waals surface area contributed by atoms with E-state index in [9.17, 15) is 9.59 Å². The summed E-state index contributed by atoms with van der Waals surface area (Å²) in [7, 11) is 0. The summed E-state index contributed by atoms with van der Waals surface area (Å²) in [6.45, 7) is 1.38. The molecule has 2 N–H and O–H groups in total. The van der Waals surface area contributed by atoms with Crippen LogP contribution < -0.4 is 10.6 Å². The third kappa shape index (κ3) is 4.23. The number of nitrogens with one attached hydrogen (secondary N) is 2. The first-order chi connectivity index (χ1) is 16.1. The minimum absolute atomic E-state index is 0.0546. The van der Waals surface area contributed by atoms with Gasteiger partial charge in [-0.3, -0.25) is 9.59 Å². The number of rotatable bonds is 5. The van der Waals surface area contributed by atoms with Crippen LogP contribution >= 0.6 is 22.7 Å². The lowest BCUT2D eigenvalue weighted by molar-refractivity contribution is -0.117. The average Bonchev–Trinajstić information content (AvgIpc) is 3.48. The van der Waals surface area contributed by atoms with Crippen LogP contribution in [0.5, 0.6) is 0 Å². The van der Waals surface area contributed by atoms with Crippen LogP contribution in [0, 0.1) is 5.92 Å². The monoisotopic (exact) mass is 478 g/mol. The number of anilines is 1. The number of aromatic nitrogens is 2. The lowest BCUT2D eigenvalue weighted by Gasteiger charge is -2.22. The van der Waals surface area contributed by atoms with Gasteiger partial charge in [0.15, 0.2) is 5.13 Å². The van der Waals surface area contributed by atoms with Gasteiger partial charge in [0.1, 0.15) is 4.83 Å². The normalized spacial score (nSPS) is 16.8. The van der Waals surface area contributed by atoms with Gasteiger partial charge in [0.25, 0.3) is 5.91 Å². The minimum Gasteiger partial charge on any atom is -0.381 e. The van der Waals surface area contributed by atoms with Crippen LogP contribution in [0.25, 0.3) is 31.6 Å². The Labute approximate surface area is 198 Å². The molecule has 0 radical (unpaired) electrons. The first-order valence-electron chi connectivity index (χ1n) is 11.1. The largest absolute Gasteiger partial charge is 0.381 e. The highest BCUT2D eigenvalue weighted by molar-refractivity contribution is 7.22. The van der Waals surface area contributed by atoms with Gasteiger partial charge >= 0.3 is 0 Å². The molecular formula is C24H22N4O3S2. The zero-order valence-electron chi connectivity index (χ0n) is 17.8. The number of hydrogen-bond donors (Lipinski definition) is 2. The van der Waals surface area contributed by atoms with E-state index in [-0.39, 0.29) is 23.8 Å². The van der Waals surface area contributed by atoms with E-state index in [0.717, 1.165) is 57.2 Å². The highest BCUT2D eigenvalue weighted by atomic mass is 32.1. The highest BCUT2D eigenvalue weighted by Crippen LogP contribution is 2.35. The Balaban J connectivity index is 1.27. The van der Waals surface area contributed by atoms with E-state index in [1.807, 2.05) is 29.8 Å². The van der Waals surface area contributed by atoms with E-state index in [4.69, 9.17) is 4.74 Å². The standard InChI is InChI=1S/C24H22N4O3S2/c29-21(13-1-2-13)28-24-27-19-4-3-14(10-20(19)33-24)15-9-17-18(12-32-23(17)25-11-15)22(30)26-16-5-7-31-8-6-16/h3-4,9-13,16H,1-2,5-8H2,(H,26,30)(H,27,28,29). The molecule has 9 heteroatoms. The van der Waals surface area contributed by atoms with Crippen molar-refractivity contribution < 1.29 is 14.3 Å². The second kappa shape index (κ2) is 8.48. The number of amides is 2. The second-order valence-corrected chi connectivity index (χ2v) is 10.4. The molecule has 168 valence electrons. The molecule has 1 aliphatic heterocycles. The number of benzene rings is 1. The van der Waals surface area contributed by atoms with Gasteiger partial charge in [0.05, 0.1) is 15.8 Å². The van der Waals surface area contributed by atoms with Crippen molar-refractivity contribution in [2.24, 2.45) is 5.92 Å². The summed E-state index contributed by atoms with van der Waals surface area (Å²) in [6, 6.07) is 8.23. The van der Waals surface area contributed by atoms with Gasteiger partial charge < -0.3 is 15.4 Å². The topological polar surface area (TPSA) is 93.2 Å². The summed E-state index contributed by atoms with van der Waals surface area (Å²) in [5, 5.41) is 9.47. The molecule has 7 nitrogen and oxygen atoms in total. The maximum Gasteiger partial charge on any atom is 0.253 e. The molecule has 33 heavy (non-hydrogen) atoms. The van der Waals surface area contributed by atoms with Gasteiger partial charge in [-0.1, -0.05) is 17.4 Å². The van der Waals surface area contributed by atoms with Gasteiger partial charge in [-0.2, -0.15) is 0 Å². The number of thiophene rings is 1. The Hall–Kier alpha value is -2.88. The summed E-state index contributed by atoms with van der Waals surface area (Å²) < 4.78 is 6.39. The SMILES string of the molecule is O=C(NC1CCOCC1)c1csc2ncc(-c3ccc4nc(NC(=O)C5CC5)sc4c3)cc12. The summed E-state index contributed by atoms with van der Waals surface area (Å²) in [5.41, 5.74) is 3.47. The van der Waals surface area contributed by atoms with Gasteiger partial charge in [-0.15, -0.1) is 11.3 Å². The number of thiazole rings is 1. The third-order valence-corrected chi connectivity index (χ3v) is 7.97. The summed E-state index contributed by atoms with van der Waals surface area (Å²) >= 11 is 2.96. The first kappa shape index (κ1) is 20.7. The molecule has 1 aliphatic carbocycles. The Morgan fingerprint density at radius 2 is 1.91 bits per heavy atom. The first-order valence-corrected chi connectivity index (χ1v) is 12.8. The van der Waals surface area contributed by atoms with Gasteiger partial charge in [0, 0.05) is 47.7 Å². The minimum atomic E-state index is -0.0546. The predicted molar refractivity (Wildman–Crippen MR) is 131 cm³/mol. The van der Waals surface area contributed by atoms with E-state index in [2.05, 4.69) is 26.7 Å². The van der Waals surface area contributed by atoms with Crippen LogP contribution in [0.4, 0.5) is 5.13 Å². The molecule has 0 bridgehead atoms. The van der Waals surface area contributed by atoms with Gasteiger partial charge in [-0.05, 0) is 49.4 Å². The van der Waals surface area contributed by atoms with Crippen molar-refractivity contribution in [3.05, 3.63) is 41.4 Å². The van der Waals surface area contributed by atoms with Crippen molar-refractivity contribution in [2.75, 3.05) is 18.5 Å². The van der Waals surface area contributed by atoms with Crippen molar-refractivity contribution in [3.8, 4) is 11.1 Å². The molecule has 3 aromatic heterocycles. The number of pyridine rings is 1. The van der Waals surface area contributed by atoms with Crippen LogP contribution in [-0.4, -0.2) is 41.0 Å². The molecule has 2 amide bonds. The smallest absolute Gasteiger partial charge is 0.253 e. The van der Waals surface area contributed by atoms with E-state index >= 15 is 0 Å². The molecule has 6 rings (SSSR count). The molecule has 1 saturated carbocycles. The van der Waals surface area contributed by atoms with Crippen LogP contribution in [0.1, 0.15) is 36.0 Å². The molecule has 4 heterocycles. The Kier molecular flexibility index (Phi) is 5.32. The van der Waals surface area contributed by atoms with E-state index in [0.29, 0.717) is 23.9 Å². The molecule has 2 fully saturated rings. The summed E-state index contributed by atoms with van der Waals surface area (Å²) in [6.07, 6.45) is 5.46. The van der Waals surface area contributed by atoms with E-state index in [1.54, 1.807) is 0 Å². The number of hydrogen-bond acceptors (Lipinski definition) is 7. The van der Waals surface area contributed by atoms with Crippen LogP contribution in [0.2, 0.25) is 0 Å². The Bertz CT molecular complexity index is 1370. The maximum atomic E-state index is 12.9. The number of nitrogens with zero attached hydrogens (tertiary/aromatic N) is 2. The van der Waals surface area contributed by atoms with Crippen LogP contribution in [0.3, 0.4) is 0 Å². The fourth-order valence-electron chi connectivity index (χ4n) is 4.07. The lowest BCUT2D eigenvalue weighted by atomic mass is 10.0. The van der Waals surface area contributed by atoms with Gasteiger partial charge in [0.2, 0.25) is 5.91 Å². The number of carbonyl (C=O) groups excluding carboxylic acids is 2. The maximum absolute atomic E-state index is 12.9. The Morgan fingerprint density at radius 3 is 2.73 bits per heavy atom. The highest BCUT2D eigenvalue weighted by Gasteiger charge is 2.30. The second-order valence-electron chi connectivity index (χ2n) is 8.55. The number of fused-ring (bicyclic) bond motifs is 2. The molecular weight excluding hydrogens is 456 g/mol. The molecule has 4 aromatic rings. The van der Waals surface area contributed by atoms with Crippen molar-refractivity contribution in [1.29, 1.82) is 0 Å². The summed E-state index contributed by atoms with van der Waals surface area (Å²) in [4.78, 5) is 35.0. The van der Waals surface area contributed by atoms with E-state index < -0.39 is 0 Å². The fourth-order valence-corrected chi connectivity index (χ4v) is 5.85. The van der Waals surface area contributed by atoms with Crippen molar-refractivity contribution >= 4 is 60.1 Å². The molecule has 1 aromatic carbocycles. The van der Waals surface area contributed by atoms with Crippen molar-refractivity contribution in [3.63, 3.8) is 0 Å². The third-order valence-electron chi connectivity index (χ3n) is 6.13. The quantitative estimate of drug-likeness (QED) is 0.429. The average molecular weight is 479 g/mol. The lowest BCUT2D eigenvalue weighted by Crippen LogP contribution is -2.38. The summed E-state index contributed by atoms with van der Waals surface area (Å²) in [5.74, 6) is 0.155. The Morgan fingerprint density at radius 1 is 1.06 bits per heavy atom. The van der Waals surface area contributed by atoms with E-state index in [1.165, 1.54) is 22.7 Å². The van der Waals surface area contributed by atoms with Crippen molar-refractivity contribution in [2.45, 2.75) is 31.7 Å².